The Bertz CT molecular complexity index is 558. The van der Waals surface area contributed by atoms with Gasteiger partial charge in [0.25, 0.3) is 0 Å². The normalized spacial score (nSPS) is 12.2. The zero-order chi connectivity index (χ0) is 13.1. The van der Waals surface area contributed by atoms with Crippen LogP contribution in [0.3, 0.4) is 0 Å². The highest BCUT2D eigenvalue weighted by Crippen LogP contribution is 2.31. The fraction of sp³-hybridized carbons (Fsp3) is 0.154. The monoisotopic (exact) mass is 282 g/mol. The number of hydrogen-bond acceptors (Lipinski definition) is 3. The van der Waals surface area contributed by atoms with E-state index in [9.17, 15) is 0 Å². The molecule has 3 nitrogen and oxygen atoms in total. The molecule has 1 atom stereocenters. The van der Waals surface area contributed by atoms with E-state index in [0.717, 1.165) is 5.56 Å². The first-order chi connectivity index (χ1) is 8.58. The van der Waals surface area contributed by atoms with E-state index in [-0.39, 0.29) is 6.04 Å². The standard InChI is InChI=1S/C13H12Cl2N2O/c1-8(16)10-3-2-6-17-13(10)18-9-4-5-11(14)12(15)7-9/h2-8H,16H2,1H3/t8-/m0/s1. The van der Waals surface area contributed by atoms with Crippen molar-refractivity contribution >= 4 is 23.2 Å². The Hall–Kier alpha value is -1.29. The van der Waals surface area contributed by atoms with Gasteiger partial charge in [-0.1, -0.05) is 29.3 Å². The number of aromatic nitrogens is 1. The topological polar surface area (TPSA) is 48.1 Å². The van der Waals surface area contributed by atoms with Crippen molar-refractivity contribution in [2.75, 3.05) is 0 Å². The van der Waals surface area contributed by atoms with Gasteiger partial charge >= 0.3 is 0 Å². The summed E-state index contributed by atoms with van der Waals surface area (Å²) in [6.45, 7) is 1.87. The van der Waals surface area contributed by atoms with E-state index in [1.807, 2.05) is 19.1 Å². The molecule has 0 aliphatic carbocycles. The summed E-state index contributed by atoms with van der Waals surface area (Å²) in [5.74, 6) is 1.05. The summed E-state index contributed by atoms with van der Waals surface area (Å²) >= 11 is 11.8. The van der Waals surface area contributed by atoms with Gasteiger partial charge in [-0.3, -0.25) is 0 Å². The molecule has 0 aliphatic rings. The van der Waals surface area contributed by atoms with Crippen molar-refractivity contribution in [2.45, 2.75) is 13.0 Å². The first-order valence-corrected chi connectivity index (χ1v) is 6.17. The minimum atomic E-state index is -0.156. The zero-order valence-electron chi connectivity index (χ0n) is 9.73. The molecule has 0 saturated heterocycles. The Morgan fingerprint density at radius 1 is 1.22 bits per heavy atom. The van der Waals surface area contributed by atoms with Gasteiger partial charge in [0.15, 0.2) is 0 Å². The molecule has 0 saturated carbocycles. The molecular formula is C13H12Cl2N2O. The van der Waals surface area contributed by atoms with Crippen LogP contribution in [0.5, 0.6) is 11.6 Å². The number of benzene rings is 1. The SMILES string of the molecule is C[C@H](N)c1cccnc1Oc1ccc(Cl)c(Cl)c1. The smallest absolute Gasteiger partial charge is 0.223 e. The molecule has 0 radical (unpaired) electrons. The van der Waals surface area contributed by atoms with Gasteiger partial charge in [-0.15, -0.1) is 0 Å². The van der Waals surface area contributed by atoms with Crippen LogP contribution in [0.1, 0.15) is 18.5 Å². The third kappa shape index (κ3) is 2.93. The van der Waals surface area contributed by atoms with Crippen LogP contribution in [-0.4, -0.2) is 4.98 Å². The van der Waals surface area contributed by atoms with E-state index >= 15 is 0 Å². The van der Waals surface area contributed by atoms with Crippen molar-refractivity contribution in [1.29, 1.82) is 0 Å². The fourth-order valence-electron chi connectivity index (χ4n) is 1.49. The summed E-state index contributed by atoms with van der Waals surface area (Å²) in [5, 5.41) is 0.921. The van der Waals surface area contributed by atoms with Gasteiger partial charge in [0.2, 0.25) is 5.88 Å². The first kappa shape index (κ1) is 13.1. The zero-order valence-corrected chi connectivity index (χ0v) is 11.2. The minimum absolute atomic E-state index is 0.156. The predicted molar refractivity (Wildman–Crippen MR) is 73.4 cm³/mol. The summed E-state index contributed by atoms with van der Waals surface area (Å²) in [7, 11) is 0. The molecule has 0 aliphatic heterocycles. The second-order valence-electron chi connectivity index (χ2n) is 3.86. The number of ether oxygens (including phenoxy) is 1. The Morgan fingerprint density at radius 3 is 2.67 bits per heavy atom. The molecule has 1 aromatic carbocycles. The predicted octanol–water partition coefficient (Wildman–Crippen LogP) is 4.20. The van der Waals surface area contributed by atoms with E-state index in [1.165, 1.54) is 0 Å². The van der Waals surface area contributed by atoms with E-state index in [0.29, 0.717) is 21.7 Å². The molecule has 2 N–H and O–H groups in total. The number of nitrogens with two attached hydrogens (primary N) is 1. The third-order valence-corrected chi connectivity index (χ3v) is 3.14. The van der Waals surface area contributed by atoms with Crippen molar-refractivity contribution in [3.8, 4) is 11.6 Å². The van der Waals surface area contributed by atoms with E-state index in [4.69, 9.17) is 33.7 Å². The Balaban J connectivity index is 2.31. The number of pyridine rings is 1. The Labute approximate surface area is 115 Å². The van der Waals surface area contributed by atoms with E-state index in [2.05, 4.69) is 4.98 Å². The second kappa shape index (κ2) is 5.57. The summed E-state index contributed by atoms with van der Waals surface area (Å²) in [5.41, 5.74) is 6.69. The lowest BCUT2D eigenvalue weighted by molar-refractivity contribution is 0.452. The van der Waals surface area contributed by atoms with Crippen LogP contribution in [0.25, 0.3) is 0 Å². The van der Waals surface area contributed by atoms with Crippen LogP contribution in [0.2, 0.25) is 10.0 Å². The molecule has 0 spiro atoms. The fourth-order valence-corrected chi connectivity index (χ4v) is 1.78. The molecule has 0 unspecified atom stereocenters. The van der Waals surface area contributed by atoms with Gasteiger partial charge < -0.3 is 10.5 Å². The molecule has 0 bridgehead atoms. The van der Waals surface area contributed by atoms with Crippen molar-refractivity contribution < 1.29 is 4.74 Å². The average molecular weight is 283 g/mol. The highest BCUT2D eigenvalue weighted by molar-refractivity contribution is 6.42. The highest BCUT2D eigenvalue weighted by atomic mass is 35.5. The summed E-state index contributed by atoms with van der Waals surface area (Å²) in [6.07, 6.45) is 1.65. The van der Waals surface area contributed by atoms with Gasteiger partial charge in [0.05, 0.1) is 10.0 Å². The minimum Gasteiger partial charge on any atom is -0.439 e. The molecule has 2 rings (SSSR count). The number of halogens is 2. The van der Waals surface area contributed by atoms with Crippen LogP contribution in [0.4, 0.5) is 0 Å². The summed E-state index contributed by atoms with van der Waals surface area (Å²) in [4.78, 5) is 4.17. The molecular weight excluding hydrogens is 271 g/mol. The first-order valence-electron chi connectivity index (χ1n) is 5.41. The van der Waals surface area contributed by atoms with Crippen molar-refractivity contribution in [2.24, 2.45) is 5.73 Å². The van der Waals surface area contributed by atoms with Crippen molar-refractivity contribution in [1.82, 2.24) is 4.98 Å². The molecule has 1 aromatic heterocycles. The number of nitrogens with zero attached hydrogens (tertiary/aromatic N) is 1. The van der Waals surface area contributed by atoms with Gasteiger partial charge in [0, 0.05) is 23.9 Å². The third-order valence-electron chi connectivity index (χ3n) is 2.40. The Kier molecular flexibility index (Phi) is 4.07. The molecule has 1 heterocycles. The number of hydrogen-bond donors (Lipinski definition) is 1. The number of rotatable bonds is 3. The van der Waals surface area contributed by atoms with Crippen LogP contribution in [0.15, 0.2) is 36.5 Å². The van der Waals surface area contributed by atoms with Gasteiger partial charge in [0.1, 0.15) is 5.75 Å². The van der Waals surface area contributed by atoms with Gasteiger partial charge in [-0.2, -0.15) is 0 Å². The van der Waals surface area contributed by atoms with E-state index < -0.39 is 0 Å². The van der Waals surface area contributed by atoms with Crippen molar-refractivity contribution in [3.05, 3.63) is 52.1 Å². The summed E-state index contributed by atoms with van der Waals surface area (Å²) in [6, 6.07) is 8.59. The highest BCUT2D eigenvalue weighted by Gasteiger charge is 2.10. The van der Waals surface area contributed by atoms with Crippen LogP contribution in [0, 0.1) is 0 Å². The maximum atomic E-state index is 5.93. The molecule has 0 fully saturated rings. The largest absolute Gasteiger partial charge is 0.439 e. The molecule has 94 valence electrons. The quantitative estimate of drug-likeness (QED) is 0.918. The molecule has 5 heteroatoms. The maximum Gasteiger partial charge on any atom is 0.223 e. The lowest BCUT2D eigenvalue weighted by Crippen LogP contribution is -2.07. The Morgan fingerprint density at radius 2 is 2.00 bits per heavy atom. The lowest BCUT2D eigenvalue weighted by atomic mass is 10.1. The van der Waals surface area contributed by atoms with Crippen molar-refractivity contribution in [3.63, 3.8) is 0 Å². The van der Waals surface area contributed by atoms with Crippen LogP contribution in [-0.2, 0) is 0 Å². The van der Waals surface area contributed by atoms with Crippen LogP contribution < -0.4 is 10.5 Å². The molecule has 2 aromatic rings. The lowest BCUT2D eigenvalue weighted by Gasteiger charge is -2.12. The second-order valence-corrected chi connectivity index (χ2v) is 4.68. The van der Waals surface area contributed by atoms with Gasteiger partial charge in [-0.05, 0) is 25.1 Å². The van der Waals surface area contributed by atoms with Gasteiger partial charge in [-0.25, -0.2) is 4.98 Å². The average Bonchev–Trinajstić information content (AvgIpc) is 2.34. The van der Waals surface area contributed by atoms with E-state index in [1.54, 1.807) is 24.4 Å². The molecule has 18 heavy (non-hydrogen) atoms. The molecule has 0 amide bonds. The van der Waals surface area contributed by atoms with Crippen LogP contribution >= 0.6 is 23.2 Å². The maximum absolute atomic E-state index is 5.93. The summed E-state index contributed by atoms with van der Waals surface area (Å²) < 4.78 is 5.67.